The average Bonchev–Trinajstić information content (AvgIpc) is 2.26. The summed E-state index contributed by atoms with van der Waals surface area (Å²) in [6.45, 7) is 0. The molecular weight excluding hydrogens is 244 g/mol. The molecule has 0 aliphatic heterocycles. The van der Waals surface area contributed by atoms with E-state index in [1.807, 2.05) is 0 Å². The van der Waals surface area contributed by atoms with Gasteiger partial charge in [-0.1, -0.05) is 0 Å². The van der Waals surface area contributed by atoms with Crippen LogP contribution in [-0.2, 0) is 0 Å². The van der Waals surface area contributed by atoms with Crippen molar-refractivity contribution in [1.29, 1.82) is 0 Å². The molecule has 0 fully saturated rings. The van der Waals surface area contributed by atoms with Crippen molar-refractivity contribution in [3.63, 3.8) is 0 Å². The summed E-state index contributed by atoms with van der Waals surface area (Å²) in [4.78, 5) is 14.4. The van der Waals surface area contributed by atoms with Gasteiger partial charge in [0.15, 0.2) is 17.2 Å². The molecule has 1 heterocycles. The molecule has 0 N–H and O–H groups in total. The molecule has 1 rings (SSSR count). The quantitative estimate of drug-likeness (QED) is 0.771. The Morgan fingerprint density at radius 2 is 2.06 bits per heavy atom. The Kier molecular flexibility index (Phi) is 4.00. The first-order chi connectivity index (χ1) is 7.51. The highest BCUT2D eigenvalue weighted by molar-refractivity contribution is 6.67. The molecular formula is C9H8ClF2NO3. The van der Waals surface area contributed by atoms with Gasteiger partial charge in [-0.25, -0.2) is 13.8 Å². The van der Waals surface area contributed by atoms with Crippen molar-refractivity contribution in [3.8, 4) is 11.5 Å². The molecule has 0 atom stereocenters. The van der Waals surface area contributed by atoms with Gasteiger partial charge in [0.2, 0.25) is 0 Å². The Hall–Kier alpha value is -1.43. The second-order valence-corrected chi connectivity index (χ2v) is 3.05. The van der Waals surface area contributed by atoms with E-state index in [0.29, 0.717) is 0 Å². The van der Waals surface area contributed by atoms with Crippen LogP contribution in [0.4, 0.5) is 8.78 Å². The molecule has 1 aromatic rings. The Morgan fingerprint density at radius 1 is 1.44 bits per heavy atom. The van der Waals surface area contributed by atoms with Crippen LogP contribution in [0.25, 0.3) is 0 Å². The van der Waals surface area contributed by atoms with Crippen molar-refractivity contribution >= 4 is 16.8 Å². The van der Waals surface area contributed by atoms with Gasteiger partial charge in [0.1, 0.15) is 5.69 Å². The number of halogens is 3. The van der Waals surface area contributed by atoms with E-state index < -0.39 is 17.4 Å². The van der Waals surface area contributed by atoms with Gasteiger partial charge in [0.05, 0.1) is 14.2 Å². The minimum Gasteiger partial charge on any atom is -0.493 e. The molecule has 0 unspecified atom stereocenters. The Balaban J connectivity index is 3.43. The first kappa shape index (κ1) is 12.6. The van der Waals surface area contributed by atoms with E-state index >= 15 is 0 Å². The molecule has 0 saturated carbocycles. The zero-order valence-electron chi connectivity index (χ0n) is 8.46. The first-order valence-electron chi connectivity index (χ1n) is 4.12. The van der Waals surface area contributed by atoms with Crippen LogP contribution in [0.1, 0.15) is 22.6 Å². The van der Waals surface area contributed by atoms with Crippen LogP contribution >= 0.6 is 11.6 Å². The van der Waals surface area contributed by atoms with Gasteiger partial charge < -0.3 is 9.47 Å². The highest BCUT2D eigenvalue weighted by atomic mass is 35.5. The lowest BCUT2D eigenvalue weighted by atomic mass is 10.2. The summed E-state index contributed by atoms with van der Waals surface area (Å²) in [5.41, 5.74) is -0.986. The van der Waals surface area contributed by atoms with Crippen molar-refractivity contribution < 1.29 is 23.0 Å². The molecule has 0 spiro atoms. The van der Waals surface area contributed by atoms with Crippen molar-refractivity contribution in [2.24, 2.45) is 0 Å². The average molecular weight is 252 g/mol. The highest BCUT2D eigenvalue weighted by Gasteiger charge is 2.22. The monoisotopic (exact) mass is 251 g/mol. The molecule has 7 heteroatoms. The number of pyridine rings is 1. The van der Waals surface area contributed by atoms with Crippen LogP contribution in [0.5, 0.6) is 11.5 Å². The largest absolute Gasteiger partial charge is 0.493 e. The second-order valence-electron chi connectivity index (χ2n) is 2.71. The topological polar surface area (TPSA) is 48.4 Å². The van der Waals surface area contributed by atoms with Crippen molar-refractivity contribution in [2.75, 3.05) is 14.2 Å². The summed E-state index contributed by atoms with van der Waals surface area (Å²) in [7, 11) is 2.51. The third kappa shape index (κ3) is 2.38. The summed E-state index contributed by atoms with van der Waals surface area (Å²) in [6.07, 6.45) is -2.82. The Morgan fingerprint density at radius 3 is 2.44 bits per heavy atom. The number of rotatable bonds is 4. The second kappa shape index (κ2) is 5.07. The molecule has 0 amide bonds. The standard InChI is InChI=1S/C9H8ClF2NO3/c1-15-5-3-4(9(11)12)13-6(8(10)14)7(5)16-2/h3,9H,1-2H3. The normalized spacial score (nSPS) is 10.4. The lowest BCUT2D eigenvalue weighted by Crippen LogP contribution is -2.05. The number of hydrogen-bond donors (Lipinski definition) is 0. The molecule has 0 aromatic carbocycles. The number of aromatic nitrogens is 1. The van der Waals surface area contributed by atoms with E-state index in [9.17, 15) is 13.6 Å². The van der Waals surface area contributed by atoms with Crippen LogP contribution in [-0.4, -0.2) is 24.4 Å². The summed E-state index contributed by atoms with van der Waals surface area (Å²) in [5.74, 6) is -0.0799. The SMILES string of the molecule is COc1cc(C(F)F)nc(C(=O)Cl)c1OC. The van der Waals surface area contributed by atoms with Crippen LogP contribution in [0.3, 0.4) is 0 Å². The molecule has 4 nitrogen and oxygen atoms in total. The van der Waals surface area contributed by atoms with Gasteiger partial charge in [-0.3, -0.25) is 4.79 Å². The summed E-state index contributed by atoms with van der Waals surface area (Å²) < 4.78 is 34.5. The van der Waals surface area contributed by atoms with Gasteiger partial charge in [0.25, 0.3) is 11.7 Å². The third-order valence-corrected chi connectivity index (χ3v) is 1.97. The fraction of sp³-hybridized carbons (Fsp3) is 0.333. The van der Waals surface area contributed by atoms with Crippen LogP contribution in [0, 0.1) is 0 Å². The number of carbonyl (C=O) groups excluding carboxylic acids is 1. The van der Waals surface area contributed by atoms with E-state index in [4.69, 9.17) is 21.1 Å². The third-order valence-electron chi connectivity index (χ3n) is 1.79. The maximum absolute atomic E-state index is 12.4. The van der Waals surface area contributed by atoms with E-state index in [-0.39, 0.29) is 17.2 Å². The molecule has 16 heavy (non-hydrogen) atoms. The number of methoxy groups -OCH3 is 2. The number of carbonyl (C=O) groups is 1. The minimum atomic E-state index is -2.82. The minimum absolute atomic E-state index is 0.0169. The van der Waals surface area contributed by atoms with E-state index in [0.717, 1.165) is 6.07 Å². The van der Waals surface area contributed by atoms with Crippen molar-refractivity contribution in [2.45, 2.75) is 6.43 Å². The van der Waals surface area contributed by atoms with Gasteiger partial charge in [0, 0.05) is 6.07 Å². The summed E-state index contributed by atoms with van der Waals surface area (Å²) in [5, 5.41) is -0.988. The molecule has 1 aromatic heterocycles. The molecule has 0 aliphatic carbocycles. The summed E-state index contributed by atoms with van der Waals surface area (Å²) >= 11 is 5.21. The van der Waals surface area contributed by atoms with Gasteiger partial charge in [-0.05, 0) is 11.6 Å². The summed E-state index contributed by atoms with van der Waals surface area (Å²) in [6, 6.07) is 0.993. The van der Waals surface area contributed by atoms with Gasteiger partial charge in [-0.15, -0.1) is 0 Å². The molecule has 0 aliphatic rings. The number of hydrogen-bond acceptors (Lipinski definition) is 4. The molecule has 0 bridgehead atoms. The maximum Gasteiger partial charge on any atom is 0.280 e. The van der Waals surface area contributed by atoms with Crippen LogP contribution in [0.2, 0.25) is 0 Å². The first-order valence-corrected chi connectivity index (χ1v) is 4.50. The zero-order chi connectivity index (χ0) is 12.3. The molecule has 0 radical (unpaired) electrons. The van der Waals surface area contributed by atoms with Crippen molar-refractivity contribution in [1.82, 2.24) is 4.98 Å². The van der Waals surface area contributed by atoms with Gasteiger partial charge >= 0.3 is 0 Å². The molecule has 0 saturated heterocycles. The predicted molar refractivity (Wildman–Crippen MR) is 52.5 cm³/mol. The Bertz CT molecular complexity index is 412. The highest BCUT2D eigenvalue weighted by Crippen LogP contribution is 2.34. The van der Waals surface area contributed by atoms with Gasteiger partial charge in [-0.2, -0.15) is 0 Å². The van der Waals surface area contributed by atoms with E-state index in [2.05, 4.69) is 4.98 Å². The number of nitrogens with zero attached hydrogens (tertiary/aromatic N) is 1. The zero-order valence-corrected chi connectivity index (χ0v) is 9.22. The maximum atomic E-state index is 12.4. The number of ether oxygens (including phenoxy) is 2. The lowest BCUT2D eigenvalue weighted by Gasteiger charge is -2.11. The molecule has 88 valence electrons. The van der Waals surface area contributed by atoms with Crippen LogP contribution in [0.15, 0.2) is 6.07 Å². The smallest absolute Gasteiger partial charge is 0.280 e. The predicted octanol–water partition coefficient (Wildman–Crippen LogP) is 2.42. The van der Waals surface area contributed by atoms with Crippen LogP contribution < -0.4 is 9.47 Å². The number of alkyl halides is 2. The van der Waals surface area contributed by atoms with E-state index in [1.165, 1.54) is 14.2 Å². The fourth-order valence-corrected chi connectivity index (χ4v) is 1.25. The Labute approximate surface area is 95.1 Å². The van der Waals surface area contributed by atoms with E-state index in [1.54, 1.807) is 0 Å². The fourth-order valence-electron chi connectivity index (χ4n) is 1.12. The lowest BCUT2D eigenvalue weighted by molar-refractivity contribution is 0.107. The van der Waals surface area contributed by atoms with Crippen molar-refractivity contribution in [3.05, 3.63) is 17.5 Å².